The van der Waals surface area contributed by atoms with Gasteiger partial charge in [-0.3, -0.25) is 9.48 Å². The maximum absolute atomic E-state index is 10.7. The van der Waals surface area contributed by atoms with Crippen molar-refractivity contribution >= 4 is 24.1 Å². The van der Waals surface area contributed by atoms with Gasteiger partial charge in [-0.15, -0.1) is 0 Å². The normalized spacial score (nSPS) is 12.1. The fraction of sp³-hybridized carbons (Fsp3) is 0.545. The molecule has 1 rings (SSSR count). The fourth-order valence-electron chi connectivity index (χ4n) is 1.49. The SMILES string of the molecule is Cn1nccc1CCSCCC(NC=O)C(=O)O. The zero-order valence-corrected chi connectivity index (χ0v) is 11.0. The van der Waals surface area contributed by atoms with Crippen LogP contribution in [0.4, 0.5) is 0 Å². The molecule has 7 heteroatoms. The Bertz CT molecular complexity index is 395. The van der Waals surface area contributed by atoms with E-state index in [9.17, 15) is 9.59 Å². The number of carboxylic acid groups (broad SMARTS) is 1. The summed E-state index contributed by atoms with van der Waals surface area (Å²) in [5.41, 5.74) is 1.16. The third-order valence-electron chi connectivity index (χ3n) is 2.54. The van der Waals surface area contributed by atoms with Crippen LogP contribution in [0.2, 0.25) is 0 Å². The number of thioether (sulfide) groups is 1. The Kier molecular flexibility index (Phi) is 6.27. The molecule has 1 atom stereocenters. The Hall–Kier alpha value is -1.50. The molecule has 1 aromatic rings. The first kappa shape index (κ1) is 14.6. The van der Waals surface area contributed by atoms with Crippen LogP contribution in [0.3, 0.4) is 0 Å². The number of nitrogens with one attached hydrogen (secondary N) is 1. The number of carbonyl (C=O) groups is 2. The molecular weight excluding hydrogens is 254 g/mol. The predicted octanol–water partition coefficient (Wildman–Crippen LogP) is 0.285. The first-order valence-corrected chi connectivity index (χ1v) is 6.77. The van der Waals surface area contributed by atoms with Crippen molar-refractivity contribution in [2.24, 2.45) is 7.05 Å². The van der Waals surface area contributed by atoms with Crippen LogP contribution in [0.5, 0.6) is 0 Å². The summed E-state index contributed by atoms with van der Waals surface area (Å²) in [7, 11) is 1.90. The number of hydrogen-bond acceptors (Lipinski definition) is 4. The van der Waals surface area contributed by atoms with Crippen LogP contribution in [0.25, 0.3) is 0 Å². The lowest BCUT2D eigenvalue weighted by Crippen LogP contribution is -2.36. The predicted molar refractivity (Wildman–Crippen MR) is 69.5 cm³/mol. The molecule has 0 fully saturated rings. The van der Waals surface area contributed by atoms with E-state index in [1.54, 1.807) is 18.0 Å². The monoisotopic (exact) mass is 271 g/mol. The van der Waals surface area contributed by atoms with Crippen molar-refractivity contribution in [1.29, 1.82) is 0 Å². The van der Waals surface area contributed by atoms with Gasteiger partial charge in [0.05, 0.1) is 0 Å². The van der Waals surface area contributed by atoms with E-state index in [4.69, 9.17) is 5.11 Å². The van der Waals surface area contributed by atoms with Crippen molar-refractivity contribution in [3.63, 3.8) is 0 Å². The number of hydrogen-bond donors (Lipinski definition) is 2. The highest BCUT2D eigenvalue weighted by Crippen LogP contribution is 2.09. The lowest BCUT2D eigenvalue weighted by molar-refractivity contribution is -0.140. The molecule has 0 saturated carbocycles. The molecule has 0 saturated heterocycles. The third kappa shape index (κ3) is 4.79. The minimum absolute atomic E-state index is 0.430. The van der Waals surface area contributed by atoms with Crippen LogP contribution in [-0.2, 0) is 23.1 Å². The van der Waals surface area contributed by atoms with Gasteiger partial charge in [0.25, 0.3) is 0 Å². The van der Waals surface area contributed by atoms with E-state index >= 15 is 0 Å². The molecule has 0 aliphatic heterocycles. The van der Waals surface area contributed by atoms with Gasteiger partial charge in [-0.25, -0.2) is 4.79 Å². The lowest BCUT2D eigenvalue weighted by atomic mass is 10.2. The van der Waals surface area contributed by atoms with E-state index in [1.165, 1.54) is 0 Å². The first-order valence-electron chi connectivity index (χ1n) is 5.62. The summed E-state index contributed by atoms with van der Waals surface area (Å²) in [4.78, 5) is 21.0. The topological polar surface area (TPSA) is 84.2 Å². The van der Waals surface area contributed by atoms with Gasteiger partial charge < -0.3 is 10.4 Å². The highest BCUT2D eigenvalue weighted by atomic mass is 32.2. The minimum atomic E-state index is -0.991. The highest BCUT2D eigenvalue weighted by molar-refractivity contribution is 7.99. The molecule has 1 aromatic heterocycles. The average molecular weight is 271 g/mol. The molecule has 0 bridgehead atoms. The Morgan fingerprint density at radius 2 is 2.44 bits per heavy atom. The molecule has 2 N–H and O–H groups in total. The zero-order chi connectivity index (χ0) is 13.4. The second-order valence-electron chi connectivity index (χ2n) is 3.77. The number of aromatic nitrogens is 2. The van der Waals surface area contributed by atoms with E-state index in [0.717, 1.165) is 17.9 Å². The lowest BCUT2D eigenvalue weighted by Gasteiger charge is -2.10. The van der Waals surface area contributed by atoms with Crippen molar-refractivity contribution < 1.29 is 14.7 Å². The Morgan fingerprint density at radius 1 is 1.67 bits per heavy atom. The molecule has 100 valence electrons. The van der Waals surface area contributed by atoms with Crippen LogP contribution in [-0.4, -0.2) is 44.8 Å². The maximum atomic E-state index is 10.7. The number of amides is 1. The van der Waals surface area contributed by atoms with Crippen molar-refractivity contribution in [2.45, 2.75) is 18.9 Å². The molecule has 0 radical (unpaired) electrons. The fourth-order valence-corrected chi connectivity index (χ4v) is 2.45. The van der Waals surface area contributed by atoms with E-state index in [1.807, 2.05) is 17.8 Å². The van der Waals surface area contributed by atoms with Gasteiger partial charge in [-0.05, 0) is 30.4 Å². The van der Waals surface area contributed by atoms with Gasteiger partial charge in [0.2, 0.25) is 6.41 Å². The molecular formula is C11H17N3O3S. The maximum Gasteiger partial charge on any atom is 0.326 e. The van der Waals surface area contributed by atoms with Crippen molar-refractivity contribution in [2.75, 3.05) is 11.5 Å². The van der Waals surface area contributed by atoms with Gasteiger partial charge in [-0.1, -0.05) is 0 Å². The van der Waals surface area contributed by atoms with Gasteiger partial charge in [0, 0.05) is 18.9 Å². The highest BCUT2D eigenvalue weighted by Gasteiger charge is 2.15. The van der Waals surface area contributed by atoms with Gasteiger partial charge >= 0.3 is 5.97 Å². The summed E-state index contributed by atoms with van der Waals surface area (Å²) in [6.07, 6.45) is 3.53. The molecule has 0 aromatic carbocycles. The van der Waals surface area contributed by atoms with Gasteiger partial charge in [0.15, 0.2) is 0 Å². The quantitative estimate of drug-likeness (QED) is 0.498. The number of aryl methyl sites for hydroxylation is 2. The Balaban J connectivity index is 2.16. The first-order chi connectivity index (χ1) is 8.65. The standard InChI is InChI=1S/C11H17N3O3S/c1-14-9(2-5-13-14)3-6-18-7-4-10(11(16)17)12-8-15/h2,5,8,10H,3-4,6-7H2,1H3,(H,12,15)(H,16,17). The number of carbonyl (C=O) groups excluding carboxylic acids is 1. The van der Waals surface area contributed by atoms with Crippen LogP contribution in [0.1, 0.15) is 12.1 Å². The summed E-state index contributed by atoms with van der Waals surface area (Å²) in [6.45, 7) is 0. The van der Waals surface area contributed by atoms with E-state index in [0.29, 0.717) is 18.6 Å². The second-order valence-corrected chi connectivity index (χ2v) is 5.00. The van der Waals surface area contributed by atoms with E-state index in [2.05, 4.69) is 10.4 Å². The van der Waals surface area contributed by atoms with E-state index < -0.39 is 12.0 Å². The number of rotatable bonds is 9. The van der Waals surface area contributed by atoms with E-state index in [-0.39, 0.29) is 0 Å². The third-order valence-corrected chi connectivity index (χ3v) is 3.56. The molecule has 1 heterocycles. The van der Waals surface area contributed by atoms with Crippen LogP contribution < -0.4 is 5.32 Å². The summed E-state index contributed by atoms with van der Waals surface area (Å²) < 4.78 is 1.83. The second kappa shape index (κ2) is 7.75. The smallest absolute Gasteiger partial charge is 0.326 e. The average Bonchev–Trinajstić information content (AvgIpc) is 2.73. The molecule has 0 aliphatic carbocycles. The summed E-state index contributed by atoms with van der Waals surface area (Å²) in [5, 5.41) is 15.2. The molecule has 0 aliphatic rings. The van der Waals surface area contributed by atoms with Crippen LogP contribution >= 0.6 is 11.8 Å². The minimum Gasteiger partial charge on any atom is -0.480 e. The van der Waals surface area contributed by atoms with Crippen molar-refractivity contribution in [3.8, 4) is 0 Å². The number of aliphatic carboxylic acids is 1. The Morgan fingerprint density at radius 3 is 3.00 bits per heavy atom. The number of nitrogens with zero attached hydrogens (tertiary/aromatic N) is 2. The van der Waals surface area contributed by atoms with Crippen molar-refractivity contribution in [3.05, 3.63) is 18.0 Å². The molecule has 6 nitrogen and oxygen atoms in total. The van der Waals surface area contributed by atoms with Crippen LogP contribution in [0.15, 0.2) is 12.3 Å². The van der Waals surface area contributed by atoms with Crippen molar-refractivity contribution in [1.82, 2.24) is 15.1 Å². The zero-order valence-electron chi connectivity index (χ0n) is 10.2. The largest absolute Gasteiger partial charge is 0.480 e. The molecule has 0 spiro atoms. The Labute approximate surface area is 110 Å². The van der Waals surface area contributed by atoms with Crippen LogP contribution in [0, 0.1) is 0 Å². The summed E-state index contributed by atoms with van der Waals surface area (Å²) >= 11 is 1.67. The number of carboxylic acids is 1. The molecule has 1 unspecified atom stereocenters. The summed E-state index contributed by atoms with van der Waals surface area (Å²) in [6, 6.07) is 1.18. The molecule has 18 heavy (non-hydrogen) atoms. The molecule has 1 amide bonds. The van der Waals surface area contributed by atoms with Gasteiger partial charge in [0.1, 0.15) is 6.04 Å². The van der Waals surface area contributed by atoms with Gasteiger partial charge in [-0.2, -0.15) is 16.9 Å². The summed E-state index contributed by atoms with van der Waals surface area (Å²) in [5.74, 6) is 0.622.